The van der Waals surface area contributed by atoms with Gasteiger partial charge >= 0.3 is 0 Å². The van der Waals surface area contributed by atoms with E-state index in [-0.39, 0.29) is 11.2 Å². The van der Waals surface area contributed by atoms with Gasteiger partial charge in [-0.3, -0.25) is 5.10 Å². The van der Waals surface area contributed by atoms with E-state index in [2.05, 4.69) is 43.1 Å². The molecule has 0 atom stereocenters. The molecular weight excluding hydrogens is 340 g/mol. The molecule has 0 fully saturated rings. The summed E-state index contributed by atoms with van der Waals surface area (Å²) in [4.78, 5) is 0. The highest BCUT2D eigenvalue weighted by Gasteiger charge is 2.16. The summed E-state index contributed by atoms with van der Waals surface area (Å²) in [6, 6.07) is 13.2. The Morgan fingerprint density at radius 2 is 1.74 bits per heavy atom. The van der Waals surface area contributed by atoms with Crippen LogP contribution < -0.4 is 9.47 Å². The zero-order chi connectivity index (χ0) is 19.4. The second kappa shape index (κ2) is 7.74. The van der Waals surface area contributed by atoms with Crippen LogP contribution in [0.1, 0.15) is 39.7 Å². The summed E-state index contributed by atoms with van der Waals surface area (Å²) in [6.07, 6.45) is 2.52. The highest BCUT2D eigenvalue weighted by atomic mass is 16.5. The molecule has 0 aliphatic rings. The molecule has 0 unspecified atom stereocenters. The molecular formula is C22H26N2O3. The Hall–Kier alpha value is -2.95. The Kier molecular flexibility index (Phi) is 5.40. The van der Waals surface area contributed by atoms with Crippen LogP contribution in [0, 0.1) is 0 Å². The quantitative estimate of drug-likeness (QED) is 0.590. The molecule has 3 rings (SSSR count). The van der Waals surface area contributed by atoms with Gasteiger partial charge in [0.25, 0.3) is 0 Å². The first-order chi connectivity index (χ1) is 12.9. The summed E-state index contributed by atoms with van der Waals surface area (Å²) in [5.74, 6) is 2.02. The lowest BCUT2D eigenvalue weighted by Crippen LogP contribution is -2.10. The van der Waals surface area contributed by atoms with E-state index < -0.39 is 0 Å². The molecule has 0 bridgehead atoms. The van der Waals surface area contributed by atoms with Crippen LogP contribution in [0.3, 0.4) is 0 Å². The standard InChI is InChI=1S/C22H26N2O3/c1-5-12-26-17-10-11-18(19(25)13-17)21-20(14-23-24-21)27-16-8-6-15(7-9-16)22(2,3)4/h6-11,13-14,25H,5,12H2,1-4H3,(H,23,24). The highest BCUT2D eigenvalue weighted by molar-refractivity contribution is 5.73. The van der Waals surface area contributed by atoms with Gasteiger partial charge in [0.05, 0.1) is 12.8 Å². The molecule has 2 N–H and O–H groups in total. The monoisotopic (exact) mass is 366 g/mol. The van der Waals surface area contributed by atoms with Crippen LogP contribution >= 0.6 is 0 Å². The molecule has 1 aromatic heterocycles. The third-order valence-electron chi connectivity index (χ3n) is 4.26. The van der Waals surface area contributed by atoms with Crippen molar-refractivity contribution in [3.05, 3.63) is 54.2 Å². The van der Waals surface area contributed by atoms with Crippen LogP contribution in [0.4, 0.5) is 0 Å². The number of hydrogen-bond acceptors (Lipinski definition) is 4. The maximum absolute atomic E-state index is 10.4. The number of benzene rings is 2. The molecule has 5 heteroatoms. The average molecular weight is 366 g/mol. The Morgan fingerprint density at radius 3 is 2.37 bits per heavy atom. The van der Waals surface area contributed by atoms with Crippen LogP contribution in [0.5, 0.6) is 23.0 Å². The fourth-order valence-corrected chi connectivity index (χ4v) is 2.73. The van der Waals surface area contributed by atoms with Gasteiger partial charge in [0.1, 0.15) is 22.9 Å². The molecule has 0 aliphatic carbocycles. The second-order valence-corrected chi connectivity index (χ2v) is 7.51. The summed E-state index contributed by atoms with van der Waals surface area (Å²) in [7, 11) is 0. The van der Waals surface area contributed by atoms with Crippen molar-refractivity contribution >= 4 is 0 Å². The van der Waals surface area contributed by atoms with E-state index in [0.717, 1.165) is 6.42 Å². The third-order valence-corrected chi connectivity index (χ3v) is 4.26. The van der Waals surface area contributed by atoms with Crippen LogP contribution in [-0.4, -0.2) is 21.9 Å². The smallest absolute Gasteiger partial charge is 0.173 e. The van der Waals surface area contributed by atoms with Crippen LogP contribution in [0.15, 0.2) is 48.7 Å². The average Bonchev–Trinajstić information content (AvgIpc) is 3.07. The third kappa shape index (κ3) is 4.42. The van der Waals surface area contributed by atoms with Crippen LogP contribution in [-0.2, 0) is 5.41 Å². The SMILES string of the molecule is CCCOc1ccc(-c2[nH]ncc2Oc2ccc(C(C)(C)C)cc2)c(O)c1. The van der Waals surface area contributed by atoms with Gasteiger partial charge in [-0.05, 0) is 41.7 Å². The van der Waals surface area contributed by atoms with Gasteiger partial charge in [-0.25, -0.2) is 0 Å². The van der Waals surface area contributed by atoms with Crippen molar-refractivity contribution in [3.63, 3.8) is 0 Å². The molecule has 1 heterocycles. The summed E-state index contributed by atoms with van der Waals surface area (Å²) in [6.45, 7) is 9.17. The summed E-state index contributed by atoms with van der Waals surface area (Å²) >= 11 is 0. The Balaban J connectivity index is 1.82. The van der Waals surface area contributed by atoms with Gasteiger partial charge in [-0.2, -0.15) is 5.10 Å². The fourth-order valence-electron chi connectivity index (χ4n) is 2.73. The first-order valence-corrected chi connectivity index (χ1v) is 9.16. The highest BCUT2D eigenvalue weighted by Crippen LogP contribution is 2.38. The van der Waals surface area contributed by atoms with E-state index in [1.54, 1.807) is 18.3 Å². The fraction of sp³-hybridized carbons (Fsp3) is 0.318. The number of nitrogens with one attached hydrogen (secondary N) is 1. The Labute approximate surface area is 160 Å². The van der Waals surface area contributed by atoms with Crippen molar-refractivity contribution in [2.75, 3.05) is 6.61 Å². The summed E-state index contributed by atoms with van der Waals surface area (Å²) in [5, 5.41) is 17.4. The molecule has 5 nitrogen and oxygen atoms in total. The van der Waals surface area contributed by atoms with Crippen molar-refractivity contribution in [1.82, 2.24) is 10.2 Å². The van der Waals surface area contributed by atoms with E-state index >= 15 is 0 Å². The molecule has 0 spiro atoms. The molecule has 142 valence electrons. The summed E-state index contributed by atoms with van der Waals surface area (Å²) < 4.78 is 11.5. The van der Waals surface area contributed by atoms with Crippen molar-refractivity contribution in [2.24, 2.45) is 0 Å². The van der Waals surface area contributed by atoms with Crippen molar-refractivity contribution < 1.29 is 14.6 Å². The van der Waals surface area contributed by atoms with E-state index in [1.165, 1.54) is 5.56 Å². The van der Waals surface area contributed by atoms with Gasteiger partial charge in [-0.1, -0.05) is 39.8 Å². The van der Waals surface area contributed by atoms with Crippen molar-refractivity contribution in [1.29, 1.82) is 0 Å². The summed E-state index contributed by atoms with van der Waals surface area (Å²) in [5.41, 5.74) is 2.56. The van der Waals surface area contributed by atoms with E-state index in [9.17, 15) is 5.11 Å². The van der Waals surface area contributed by atoms with E-state index in [0.29, 0.717) is 35.1 Å². The number of aromatic amines is 1. The first-order valence-electron chi connectivity index (χ1n) is 9.16. The maximum atomic E-state index is 10.4. The molecule has 0 aliphatic heterocycles. The molecule has 27 heavy (non-hydrogen) atoms. The molecule has 2 aromatic carbocycles. The first kappa shape index (κ1) is 18.8. The molecule has 0 radical (unpaired) electrons. The number of aromatic hydroxyl groups is 1. The van der Waals surface area contributed by atoms with Gasteiger partial charge in [0.2, 0.25) is 0 Å². The lowest BCUT2D eigenvalue weighted by Gasteiger charge is -2.19. The lowest BCUT2D eigenvalue weighted by atomic mass is 9.87. The van der Waals surface area contributed by atoms with Crippen molar-refractivity contribution in [3.8, 4) is 34.3 Å². The van der Waals surface area contributed by atoms with Gasteiger partial charge < -0.3 is 14.6 Å². The topological polar surface area (TPSA) is 67.4 Å². The normalized spacial score (nSPS) is 11.4. The van der Waals surface area contributed by atoms with Crippen molar-refractivity contribution in [2.45, 2.75) is 39.5 Å². The lowest BCUT2D eigenvalue weighted by molar-refractivity contribution is 0.315. The predicted molar refractivity (Wildman–Crippen MR) is 107 cm³/mol. The minimum Gasteiger partial charge on any atom is -0.507 e. The van der Waals surface area contributed by atoms with Gasteiger partial charge in [0.15, 0.2) is 5.75 Å². The molecule has 0 amide bonds. The minimum absolute atomic E-state index is 0.0900. The Bertz CT molecular complexity index is 893. The molecule has 0 saturated heterocycles. The second-order valence-electron chi connectivity index (χ2n) is 7.51. The molecule has 0 saturated carbocycles. The number of H-pyrrole nitrogens is 1. The predicted octanol–water partition coefficient (Wildman–Crippen LogP) is 5.66. The van der Waals surface area contributed by atoms with E-state index in [4.69, 9.17) is 9.47 Å². The Morgan fingerprint density at radius 1 is 1.04 bits per heavy atom. The number of phenols is 1. The molecule has 3 aromatic rings. The maximum Gasteiger partial charge on any atom is 0.173 e. The zero-order valence-corrected chi connectivity index (χ0v) is 16.2. The number of hydrogen-bond donors (Lipinski definition) is 2. The van der Waals surface area contributed by atoms with E-state index in [1.807, 2.05) is 25.1 Å². The number of rotatable bonds is 6. The number of nitrogens with zero attached hydrogens (tertiary/aromatic N) is 1. The number of aromatic nitrogens is 2. The van der Waals surface area contributed by atoms with Gasteiger partial charge in [-0.15, -0.1) is 0 Å². The largest absolute Gasteiger partial charge is 0.507 e. The van der Waals surface area contributed by atoms with Gasteiger partial charge in [0, 0.05) is 11.6 Å². The zero-order valence-electron chi connectivity index (χ0n) is 16.2. The van der Waals surface area contributed by atoms with Crippen LogP contribution in [0.25, 0.3) is 11.3 Å². The number of phenolic OH excluding ortho intramolecular Hbond substituents is 1. The van der Waals surface area contributed by atoms with Crippen LogP contribution in [0.2, 0.25) is 0 Å². The minimum atomic E-state index is 0.0900. The number of ether oxygens (including phenoxy) is 2.